The third-order valence-electron chi connectivity index (χ3n) is 0.440. The van der Waals surface area contributed by atoms with Gasteiger partial charge in [0.15, 0.2) is 0 Å². The summed E-state index contributed by atoms with van der Waals surface area (Å²) in [6, 6.07) is 0. The van der Waals surface area contributed by atoms with Crippen LogP contribution in [-0.2, 0) is 4.79 Å². The molecule has 1 amide bonds. The van der Waals surface area contributed by atoms with E-state index in [2.05, 4.69) is 10.2 Å². The van der Waals surface area contributed by atoms with Crippen molar-refractivity contribution in [1.82, 2.24) is 0 Å². The molecule has 0 aliphatic carbocycles. The Morgan fingerprint density at radius 3 is 2.12 bits per heavy atom. The Balaban J connectivity index is 0. The van der Waals surface area contributed by atoms with Crippen LogP contribution in [0.3, 0.4) is 0 Å². The van der Waals surface area contributed by atoms with Crippen LogP contribution in [0.1, 0.15) is 0 Å². The Morgan fingerprint density at radius 2 is 2.00 bits per heavy atom. The summed E-state index contributed by atoms with van der Waals surface area (Å²) >= 11 is 0. The minimum absolute atomic E-state index is 0. The fourth-order valence-corrected chi connectivity index (χ4v) is 0.221. The van der Waals surface area contributed by atoms with E-state index in [1.807, 2.05) is 0 Å². The molecule has 0 unspecified atom stereocenters. The largest absolute Gasteiger partial charge is 0.289 e. The highest BCUT2D eigenvalue weighted by Crippen LogP contribution is 1.90. The monoisotopic (exact) mass is 154 g/mol. The molecule has 1 rings (SSSR count). The second-order valence-electron chi connectivity index (χ2n) is 0.869. The predicted molar refractivity (Wildman–Crippen MR) is 33.5 cm³/mol. The van der Waals surface area contributed by atoms with E-state index in [0.29, 0.717) is 0 Å². The lowest BCUT2D eigenvalue weighted by Crippen LogP contribution is -1.74. The number of amides is 1. The van der Waals surface area contributed by atoms with Crippen LogP contribution in [0.4, 0.5) is 0 Å². The maximum atomic E-state index is 9.90. The molecule has 0 aromatic carbocycles. The molecule has 0 fully saturated rings. The maximum Gasteiger partial charge on any atom is 0.289 e. The normalized spacial score (nSPS) is 12.8. The van der Waals surface area contributed by atoms with Crippen LogP contribution >= 0.6 is 24.8 Å². The van der Waals surface area contributed by atoms with Gasteiger partial charge in [0.1, 0.15) is 0 Å². The van der Waals surface area contributed by atoms with Crippen molar-refractivity contribution in [3.63, 3.8) is 0 Å². The van der Waals surface area contributed by atoms with Crippen LogP contribution in [0.25, 0.3) is 0 Å². The summed E-state index contributed by atoms with van der Waals surface area (Å²) in [5.74, 6) is -0.269. The van der Waals surface area contributed by atoms with E-state index in [1.54, 1.807) is 0 Å². The van der Waals surface area contributed by atoms with E-state index < -0.39 is 0 Å². The fraction of sp³-hybridized carbons (Fsp3) is 0. The van der Waals surface area contributed by atoms with Crippen molar-refractivity contribution in [2.24, 2.45) is 10.2 Å². The molecule has 0 N–H and O–H groups in total. The van der Waals surface area contributed by atoms with Gasteiger partial charge in [0.2, 0.25) is 0 Å². The van der Waals surface area contributed by atoms with E-state index in [1.165, 1.54) is 12.3 Å². The van der Waals surface area contributed by atoms with Crippen LogP contribution in [0.2, 0.25) is 0 Å². The fourth-order valence-electron chi connectivity index (χ4n) is 0.221. The standard InChI is InChI=1S/C3H2N2O.2ClH/c6-3-1-2-4-5-3;;/h1-2H;2*1H. The second kappa shape index (κ2) is 4.74. The Bertz CT molecular complexity index is 117. The van der Waals surface area contributed by atoms with Crippen LogP contribution in [0.15, 0.2) is 22.5 Å². The third kappa shape index (κ3) is 2.71. The lowest BCUT2D eigenvalue weighted by atomic mass is 10.6. The summed E-state index contributed by atoms with van der Waals surface area (Å²) < 4.78 is 0. The molecule has 0 aromatic heterocycles. The first-order chi connectivity index (χ1) is 2.89. The number of hydrogen-bond acceptors (Lipinski definition) is 2. The molecule has 1 aliphatic heterocycles. The minimum Gasteiger partial charge on any atom is -0.266 e. The predicted octanol–water partition coefficient (Wildman–Crippen LogP) is 1.34. The zero-order chi connectivity index (χ0) is 4.41. The first-order valence-corrected chi connectivity index (χ1v) is 1.51. The van der Waals surface area contributed by atoms with Gasteiger partial charge in [-0.25, -0.2) is 0 Å². The molecule has 0 bridgehead atoms. The molecule has 0 spiro atoms. The maximum absolute atomic E-state index is 9.90. The van der Waals surface area contributed by atoms with Crippen molar-refractivity contribution in [1.29, 1.82) is 0 Å². The second-order valence-corrected chi connectivity index (χ2v) is 0.869. The number of carbonyl (C=O) groups is 1. The Hall–Kier alpha value is -0.410. The van der Waals surface area contributed by atoms with Crippen LogP contribution in [0.5, 0.6) is 0 Å². The van der Waals surface area contributed by atoms with E-state index in [9.17, 15) is 4.79 Å². The molecule has 0 radical (unpaired) electrons. The smallest absolute Gasteiger partial charge is 0.266 e. The van der Waals surface area contributed by atoms with Crippen molar-refractivity contribution in [3.8, 4) is 0 Å². The molecule has 0 saturated carbocycles. The van der Waals surface area contributed by atoms with Gasteiger partial charge in [-0.2, -0.15) is 5.11 Å². The molecule has 1 heterocycles. The SMILES string of the molecule is Cl.Cl.O=C1C=CN=N1. The first kappa shape index (κ1) is 10.5. The average molecular weight is 155 g/mol. The van der Waals surface area contributed by atoms with E-state index in [-0.39, 0.29) is 30.7 Å². The topological polar surface area (TPSA) is 41.8 Å². The quantitative estimate of drug-likeness (QED) is 0.520. The Morgan fingerprint density at radius 1 is 1.38 bits per heavy atom. The lowest BCUT2D eigenvalue weighted by molar-refractivity contribution is -0.113. The number of azo groups is 1. The Kier molecular flexibility index (Phi) is 6.25. The Labute approximate surface area is 58.7 Å². The molecule has 0 atom stereocenters. The van der Waals surface area contributed by atoms with Crippen molar-refractivity contribution in [2.45, 2.75) is 0 Å². The number of rotatable bonds is 0. The van der Waals surface area contributed by atoms with Crippen molar-refractivity contribution < 1.29 is 4.79 Å². The highest BCUT2D eigenvalue weighted by molar-refractivity contribution is 5.89. The van der Waals surface area contributed by atoms with Crippen LogP contribution in [-0.4, -0.2) is 5.91 Å². The molecule has 0 aromatic rings. The van der Waals surface area contributed by atoms with Gasteiger partial charge in [0.25, 0.3) is 5.91 Å². The zero-order valence-electron chi connectivity index (χ0n) is 3.77. The van der Waals surface area contributed by atoms with Crippen LogP contribution in [0, 0.1) is 0 Å². The molecule has 8 heavy (non-hydrogen) atoms. The number of hydrogen-bond donors (Lipinski definition) is 0. The summed E-state index contributed by atoms with van der Waals surface area (Å²) in [4.78, 5) is 9.90. The van der Waals surface area contributed by atoms with Gasteiger partial charge in [0, 0.05) is 6.08 Å². The van der Waals surface area contributed by atoms with Gasteiger partial charge in [-0.05, 0) is 0 Å². The van der Waals surface area contributed by atoms with Gasteiger partial charge in [0.05, 0.1) is 6.20 Å². The molecule has 3 nitrogen and oxygen atoms in total. The van der Waals surface area contributed by atoms with E-state index >= 15 is 0 Å². The zero-order valence-corrected chi connectivity index (χ0v) is 5.41. The number of nitrogens with zero attached hydrogens (tertiary/aromatic N) is 2. The van der Waals surface area contributed by atoms with Gasteiger partial charge >= 0.3 is 0 Å². The molecule has 0 saturated heterocycles. The summed E-state index contributed by atoms with van der Waals surface area (Å²) in [6.45, 7) is 0. The van der Waals surface area contributed by atoms with Crippen molar-refractivity contribution in [2.75, 3.05) is 0 Å². The first-order valence-electron chi connectivity index (χ1n) is 1.51. The minimum atomic E-state index is -0.269. The van der Waals surface area contributed by atoms with Gasteiger partial charge in [-0.3, -0.25) is 4.79 Å². The molecular formula is C3H4Cl2N2O. The lowest BCUT2D eigenvalue weighted by Gasteiger charge is -1.59. The molecule has 5 heteroatoms. The molecule has 46 valence electrons. The average Bonchev–Trinajstić information content (AvgIpc) is 1.86. The number of carbonyl (C=O) groups excluding carboxylic acids is 1. The highest BCUT2D eigenvalue weighted by atomic mass is 35.5. The summed E-state index contributed by atoms with van der Waals surface area (Å²) in [7, 11) is 0. The van der Waals surface area contributed by atoms with Gasteiger partial charge < -0.3 is 0 Å². The third-order valence-corrected chi connectivity index (χ3v) is 0.440. The molecule has 1 aliphatic rings. The summed E-state index contributed by atoms with van der Waals surface area (Å²) in [6.07, 6.45) is 2.67. The summed E-state index contributed by atoms with van der Waals surface area (Å²) in [5, 5.41) is 6.37. The van der Waals surface area contributed by atoms with E-state index in [4.69, 9.17) is 0 Å². The van der Waals surface area contributed by atoms with Crippen LogP contribution < -0.4 is 0 Å². The van der Waals surface area contributed by atoms with Crippen molar-refractivity contribution >= 4 is 30.7 Å². The number of halogens is 2. The van der Waals surface area contributed by atoms with Crippen molar-refractivity contribution in [3.05, 3.63) is 12.3 Å². The van der Waals surface area contributed by atoms with Gasteiger partial charge in [-0.1, -0.05) is 0 Å². The molecular weight excluding hydrogens is 151 g/mol. The highest BCUT2D eigenvalue weighted by Gasteiger charge is 1.92. The van der Waals surface area contributed by atoms with Gasteiger partial charge in [-0.15, -0.1) is 29.9 Å². The summed E-state index contributed by atoms with van der Waals surface area (Å²) in [5.41, 5.74) is 0. The van der Waals surface area contributed by atoms with E-state index in [0.717, 1.165) is 0 Å².